The zero-order chi connectivity index (χ0) is 46.5. The summed E-state index contributed by atoms with van der Waals surface area (Å²) in [5.41, 5.74) is 0. The summed E-state index contributed by atoms with van der Waals surface area (Å²) in [6.45, 7) is 4.24. The summed E-state index contributed by atoms with van der Waals surface area (Å²) >= 11 is 0. The molecule has 0 amide bonds. The number of nitrogens with zero attached hydrogens (tertiary/aromatic N) is 1. The van der Waals surface area contributed by atoms with E-state index in [2.05, 4.69) is 32.1 Å². The number of hydrogen-bond acceptors (Lipinski definition) is 8. The Morgan fingerprint density at radius 1 is 0.571 bits per heavy atom. The first-order valence-corrected chi connectivity index (χ1v) is 26.6. The SMILES string of the molecule is CCCCC/C=C\C[C@@H](O)/C=C/C=C\C/C=C\CCCC(=O)OC[C@H](COP(=O)(O)OCC[N+](C)(C)C)OC(=O)CCCCCCCCCCCCC/C=C\CCCCCCCC. The molecule has 10 nitrogen and oxygen atoms in total. The molecule has 0 aliphatic carbocycles. The summed E-state index contributed by atoms with van der Waals surface area (Å²) < 4.78 is 34.3. The monoisotopic (exact) mass is 909 g/mol. The first-order valence-electron chi connectivity index (χ1n) is 25.1. The lowest BCUT2D eigenvalue weighted by atomic mass is 10.0. The Balaban J connectivity index is 4.39. The van der Waals surface area contributed by atoms with Crippen LogP contribution in [0.25, 0.3) is 0 Å². The molecule has 0 spiro atoms. The summed E-state index contributed by atoms with van der Waals surface area (Å²) in [5.74, 6) is -0.903. The van der Waals surface area contributed by atoms with Gasteiger partial charge in [-0.3, -0.25) is 18.6 Å². The van der Waals surface area contributed by atoms with E-state index in [4.69, 9.17) is 18.5 Å². The van der Waals surface area contributed by atoms with Crippen LogP contribution >= 0.6 is 7.82 Å². The van der Waals surface area contributed by atoms with Gasteiger partial charge in [0, 0.05) is 12.8 Å². The van der Waals surface area contributed by atoms with Gasteiger partial charge in [-0.25, -0.2) is 4.57 Å². The number of phosphoric ester groups is 1. The highest BCUT2D eigenvalue weighted by Crippen LogP contribution is 2.43. The molecule has 0 aromatic rings. The minimum Gasteiger partial charge on any atom is -0.462 e. The number of likely N-dealkylation sites (N-methyl/N-ethyl adjacent to an activating group) is 1. The number of allylic oxidation sites excluding steroid dienone is 8. The first-order chi connectivity index (χ1) is 30.4. The molecule has 0 saturated heterocycles. The number of quaternary nitrogens is 1. The Morgan fingerprint density at radius 2 is 1.06 bits per heavy atom. The summed E-state index contributed by atoms with van der Waals surface area (Å²) in [4.78, 5) is 35.5. The Hall–Kier alpha value is -2.33. The van der Waals surface area contributed by atoms with Gasteiger partial charge in [0.05, 0.1) is 33.9 Å². The molecule has 0 radical (unpaired) electrons. The van der Waals surface area contributed by atoms with Crippen LogP contribution in [0.4, 0.5) is 0 Å². The zero-order valence-corrected chi connectivity index (χ0v) is 41.8. The molecule has 11 heteroatoms. The molecule has 63 heavy (non-hydrogen) atoms. The van der Waals surface area contributed by atoms with E-state index in [0.29, 0.717) is 36.7 Å². The van der Waals surface area contributed by atoms with Crippen molar-refractivity contribution in [1.82, 2.24) is 0 Å². The fourth-order valence-electron chi connectivity index (χ4n) is 6.62. The second-order valence-corrected chi connectivity index (χ2v) is 19.5. The number of phosphoric acid groups is 1. The van der Waals surface area contributed by atoms with Crippen LogP contribution in [-0.2, 0) is 32.7 Å². The lowest BCUT2D eigenvalue weighted by Gasteiger charge is -2.24. The molecule has 0 fully saturated rings. The molecule has 0 bridgehead atoms. The summed E-state index contributed by atoms with van der Waals surface area (Å²) in [6.07, 6.45) is 50.2. The average molecular weight is 909 g/mol. The van der Waals surface area contributed by atoms with Crippen LogP contribution in [-0.4, -0.2) is 86.1 Å². The second-order valence-electron chi connectivity index (χ2n) is 18.0. The number of hydrogen-bond donors (Lipinski definition) is 2. The van der Waals surface area contributed by atoms with E-state index in [1.54, 1.807) is 6.08 Å². The van der Waals surface area contributed by atoms with Crippen LogP contribution in [0.15, 0.2) is 60.8 Å². The first kappa shape index (κ1) is 60.7. The minimum atomic E-state index is -4.41. The highest BCUT2D eigenvalue weighted by Gasteiger charge is 2.27. The number of aliphatic hydroxyl groups excluding tert-OH is 1. The maximum atomic E-state index is 12.7. The molecule has 0 aliphatic rings. The van der Waals surface area contributed by atoms with E-state index in [1.807, 2.05) is 57.6 Å². The van der Waals surface area contributed by atoms with Crippen LogP contribution in [0.2, 0.25) is 0 Å². The molecule has 366 valence electrons. The minimum absolute atomic E-state index is 0.0114. The standard InChI is InChI=1S/C52H94NO9P/c1-6-8-10-12-14-15-16-17-18-19-20-21-22-23-24-25-26-27-32-36-40-44-52(56)62-50(48-61-63(57,58)60-46-45-53(3,4)5)47-59-51(55)43-39-35-31-29-28-30-34-38-42-49(54)41-37-33-13-11-9-7-2/h17-18,29-31,33-34,37-38,42,49-50,54H,6-16,19-28,32,35-36,39-41,43-48H2,1-5H3/p+1/b18-17-,31-29-,34-30-,37-33-,42-38+/t49-,50-/m1/s1. The van der Waals surface area contributed by atoms with Crippen molar-refractivity contribution in [3.63, 3.8) is 0 Å². The molecule has 2 N–H and O–H groups in total. The van der Waals surface area contributed by atoms with Gasteiger partial charge in [0.1, 0.15) is 19.8 Å². The topological polar surface area (TPSA) is 129 Å². The Bertz CT molecular complexity index is 1270. The molecule has 0 heterocycles. The van der Waals surface area contributed by atoms with E-state index in [1.165, 1.54) is 116 Å². The van der Waals surface area contributed by atoms with Gasteiger partial charge < -0.3 is 24.0 Å². The zero-order valence-electron chi connectivity index (χ0n) is 40.9. The number of carbonyl (C=O) groups is 2. The summed E-state index contributed by atoms with van der Waals surface area (Å²) in [6, 6.07) is 0. The van der Waals surface area contributed by atoms with Crippen molar-refractivity contribution in [2.75, 3.05) is 47.5 Å². The molecule has 0 rings (SSSR count). The van der Waals surface area contributed by atoms with Crippen molar-refractivity contribution in [2.45, 2.75) is 212 Å². The normalized spacial score (nSPS) is 14.5. The third kappa shape index (κ3) is 47.5. The van der Waals surface area contributed by atoms with Gasteiger partial charge in [-0.05, 0) is 70.6 Å². The van der Waals surface area contributed by atoms with Gasteiger partial charge in [-0.15, -0.1) is 0 Å². The van der Waals surface area contributed by atoms with Crippen molar-refractivity contribution in [3.8, 4) is 0 Å². The number of ether oxygens (including phenoxy) is 2. The quantitative estimate of drug-likeness (QED) is 0.0153. The fourth-order valence-corrected chi connectivity index (χ4v) is 7.36. The summed E-state index contributed by atoms with van der Waals surface area (Å²) in [7, 11) is 1.41. The van der Waals surface area contributed by atoms with Gasteiger partial charge in [0.15, 0.2) is 6.10 Å². The Kier molecular flexibility index (Phi) is 41.9. The lowest BCUT2D eigenvalue weighted by Crippen LogP contribution is -2.37. The number of esters is 2. The van der Waals surface area contributed by atoms with E-state index >= 15 is 0 Å². The van der Waals surface area contributed by atoms with Gasteiger partial charge >= 0.3 is 19.8 Å². The highest BCUT2D eigenvalue weighted by atomic mass is 31.2. The smallest absolute Gasteiger partial charge is 0.462 e. The van der Waals surface area contributed by atoms with Crippen molar-refractivity contribution < 1.29 is 47.2 Å². The number of rotatable bonds is 45. The second kappa shape index (κ2) is 43.6. The fraction of sp³-hybridized carbons (Fsp3) is 0.769. The van der Waals surface area contributed by atoms with E-state index in [-0.39, 0.29) is 26.1 Å². The van der Waals surface area contributed by atoms with Crippen molar-refractivity contribution in [3.05, 3.63) is 60.8 Å². The predicted octanol–water partition coefficient (Wildman–Crippen LogP) is 13.8. The van der Waals surface area contributed by atoms with Crippen LogP contribution in [0, 0.1) is 0 Å². The van der Waals surface area contributed by atoms with Gasteiger partial charge in [-0.1, -0.05) is 177 Å². The molecular weight excluding hydrogens is 814 g/mol. The molecule has 0 aromatic heterocycles. The molecule has 3 atom stereocenters. The Morgan fingerprint density at radius 3 is 1.67 bits per heavy atom. The van der Waals surface area contributed by atoms with Crippen molar-refractivity contribution >= 4 is 19.8 Å². The van der Waals surface area contributed by atoms with Crippen LogP contribution in [0.5, 0.6) is 0 Å². The van der Waals surface area contributed by atoms with E-state index < -0.39 is 38.6 Å². The van der Waals surface area contributed by atoms with Gasteiger partial charge in [0.2, 0.25) is 0 Å². The average Bonchev–Trinajstić information content (AvgIpc) is 3.23. The molecule has 0 aliphatic heterocycles. The maximum absolute atomic E-state index is 12.7. The lowest BCUT2D eigenvalue weighted by molar-refractivity contribution is -0.870. The Labute approximate surface area is 386 Å². The third-order valence-corrected chi connectivity index (χ3v) is 11.6. The molecule has 1 unspecified atom stereocenters. The van der Waals surface area contributed by atoms with E-state index in [9.17, 15) is 24.2 Å². The highest BCUT2D eigenvalue weighted by molar-refractivity contribution is 7.47. The van der Waals surface area contributed by atoms with Crippen molar-refractivity contribution in [2.24, 2.45) is 0 Å². The molecular formula is C52H95NO9P+. The predicted molar refractivity (Wildman–Crippen MR) is 262 cm³/mol. The largest absolute Gasteiger partial charge is 0.472 e. The van der Waals surface area contributed by atoms with Gasteiger partial charge in [-0.2, -0.15) is 0 Å². The molecule has 0 aromatic carbocycles. The van der Waals surface area contributed by atoms with E-state index in [0.717, 1.165) is 32.1 Å². The number of aliphatic hydroxyl groups is 1. The van der Waals surface area contributed by atoms with Crippen LogP contribution in [0.3, 0.4) is 0 Å². The van der Waals surface area contributed by atoms with Gasteiger partial charge in [0.25, 0.3) is 0 Å². The van der Waals surface area contributed by atoms with Crippen molar-refractivity contribution in [1.29, 1.82) is 0 Å². The third-order valence-electron chi connectivity index (χ3n) is 10.6. The number of carbonyl (C=O) groups excluding carboxylic acids is 2. The molecule has 0 saturated carbocycles. The maximum Gasteiger partial charge on any atom is 0.472 e. The van der Waals surface area contributed by atoms with Crippen LogP contribution in [0.1, 0.15) is 200 Å². The number of unbranched alkanes of at least 4 members (excludes halogenated alkanes) is 21. The summed E-state index contributed by atoms with van der Waals surface area (Å²) in [5, 5.41) is 10.1. The van der Waals surface area contributed by atoms with Crippen LogP contribution < -0.4 is 0 Å².